The van der Waals surface area contributed by atoms with Crippen LogP contribution in [0.1, 0.15) is 74.4 Å². The molecule has 54 heteroatoms. The van der Waals surface area contributed by atoms with Gasteiger partial charge in [0.05, 0.1) is 71.0 Å². The molecule has 137 heavy (non-hydrogen) atoms. The average molecular weight is 2390 g/mol. The van der Waals surface area contributed by atoms with Crippen LogP contribution in [-0.2, 0) is 19.7 Å². The van der Waals surface area contributed by atoms with Crippen molar-refractivity contribution in [2.24, 2.45) is 5.10 Å². The zero-order valence-corrected chi connectivity index (χ0v) is 82.0. The minimum absolute atomic E-state index is 0.0141. The Morgan fingerprint density at radius 1 is 0.547 bits per heavy atom. The van der Waals surface area contributed by atoms with Crippen LogP contribution in [0.3, 0.4) is 0 Å². The number of carbonyl (C=O) groups is 4. The first-order valence-electron chi connectivity index (χ1n) is 38.6. The fraction of sp³-hybridized carbons (Fsp3) is 0.217. The summed E-state index contributed by atoms with van der Waals surface area (Å²) in [5.74, 6) is -6.73. The molecule has 0 fully saturated rings. The molecule has 0 spiro atoms. The van der Waals surface area contributed by atoms with Crippen LogP contribution in [0.4, 0.5) is 83.7 Å². The molecule has 0 aliphatic heterocycles. The van der Waals surface area contributed by atoms with Crippen molar-refractivity contribution in [1.82, 2.24) is 41.7 Å². The maximum absolute atomic E-state index is 14.8. The predicted octanol–water partition coefficient (Wildman–Crippen LogP) is 15.1. The number of anilines is 4. The van der Waals surface area contributed by atoms with Crippen molar-refractivity contribution in [3.63, 3.8) is 0 Å². The van der Waals surface area contributed by atoms with Crippen molar-refractivity contribution < 1.29 is 125 Å². The number of alkyl halides is 3. The highest BCUT2D eigenvalue weighted by Crippen LogP contribution is 2.41. The molecule has 4 amide bonds. The van der Waals surface area contributed by atoms with E-state index < -0.39 is 101 Å². The van der Waals surface area contributed by atoms with Gasteiger partial charge in [0.15, 0.2) is 23.0 Å². The van der Waals surface area contributed by atoms with Gasteiger partial charge in [-0.3, -0.25) is 54.9 Å². The minimum Gasteiger partial charge on any atom is -0.500 e. The van der Waals surface area contributed by atoms with E-state index in [1.807, 2.05) is 95.5 Å². The van der Waals surface area contributed by atoms with Gasteiger partial charge in [0.1, 0.15) is 72.8 Å². The number of aromatic hydroxyl groups is 1. The lowest BCUT2D eigenvalue weighted by molar-refractivity contribution is -0.386. The molecule has 0 unspecified atom stereocenters. The second-order valence-electron chi connectivity index (χ2n) is 25.9. The van der Waals surface area contributed by atoms with E-state index in [0.29, 0.717) is 111 Å². The number of ether oxygens (including phenoxy) is 4. The number of nitrogens with two attached hydrogens (primary N) is 3. The Hall–Kier alpha value is -13.5. The number of nitro benzene ring substituents is 3. The number of phenolic OH excluding ortho intramolecular Hbond substituents is 1. The number of carbonyl (C=O) groups excluding carboxylic acids is 4. The van der Waals surface area contributed by atoms with Crippen LogP contribution < -0.4 is 72.5 Å². The normalized spacial score (nSPS) is 10.4. The fourth-order valence-electron chi connectivity index (χ4n) is 9.81. The van der Waals surface area contributed by atoms with Crippen LogP contribution in [0.15, 0.2) is 157 Å². The number of hydrogen-bond acceptors (Lipinski definition) is 30. The highest BCUT2D eigenvalue weighted by atomic mass is 127. The summed E-state index contributed by atoms with van der Waals surface area (Å²) in [5.41, 5.74) is 14.8. The molecule has 730 valence electrons. The number of halogens is 14. The number of fused-ring (bicyclic) bond motifs is 2. The summed E-state index contributed by atoms with van der Waals surface area (Å²) in [6.45, 7) is 16.2. The van der Waals surface area contributed by atoms with Gasteiger partial charge in [-0.05, 0) is 201 Å². The van der Waals surface area contributed by atoms with E-state index in [1.165, 1.54) is 89.1 Å². The Labute approximate surface area is 828 Å². The quantitative estimate of drug-likeness (QED) is 0.00242. The number of aromatic nitrogens is 4. The van der Waals surface area contributed by atoms with Crippen molar-refractivity contribution in [1.29, 1.82) is 5.26 Å². The molecule has 0 aliphatic carbocycles. The van der Waals surface area contributed by atoms with Crippen LogP contribution in [-0.4, -0.2) is 162 Å². The summed E-state index contributed by atoms with van der Waals surface area (Å²) in [7, 11) is -1.69. The number of phenols is 1. The Balaban J connectivity index is 0.000000406. The van der Waals surface area contributed by atoms with Gasteiger partial charge in [0, 0.05) is 89.6 Å². The lowest BCUT2D eigenvalue weighted by Crippen LogP contribution is -2.31. The summed E-state index contributed by atoms with van der Waals surface area (Å²) in [4.78, 5) is 77.0. The second kappa shape index (κ2) is 58.7. The molecular weight excluding hydrogens is 2310 g/mol. The molecule has 38 nitrogen and oxygen atoms in total. The van der Waals surface area contributed by atoms with Gasteiger partial charge in [0.2, 0.25) is 11.5 Å². The summed E-state index contributed by atoms with van der Waals surface area (Å²) in [6, 6.07) is 35.0. The topological polar surface area (TPSA) is 569 Å². The number of methoxy groups -OCH3 is 4. The SMILES string of the molecule is CCCNC(=O)/C(C#N)=N/Nc1cccc(F)c1I.CCCNC(=O)c1nnc2c(-c3ccc(OC)cc3OC)c(F)ccc2c1N.CCCNC(=O)c1nnc2c(I)c(F)ccc2c1N.COc1ccc(B(O)O)c(OC)c1.Nc1cccc(F)c1I.O=[N+]([O-])c1cccc(F)c1I.O=[N+]([O-])c1cccc(F)c1O.O=[N+]([O-])c1cccc(F)c1OS(=O)(=O)C(F)(F)F.[C-]#[N+]CC(=O)NCCC. The predicted molar refractivity (Wildman–Crippen MR) is 520 cm³/mol. The van der Waals surface area contributed by atoms with Crippen molar-refractivity contribution in [2.75, 3.05) is 83.8 Å². The third-order valence-electron chi connectivity index (χ3n) is 16.5. The Morgan fingerprint density at radius 2 is 0.985 bits per heavy atom. The number of nitrogens with one attached hydrogen (secondary N) is 5. The van der Waals surface area contributed by atoms with E-state index in [9.17, 15) is 102 Å². The molecule has 9 aromatic carbocycles. The largest absolute Gasteiger partial charge is 0.534 e. The number of benzene rings is 9. The van der Waals surface area contributed by atoms with Crippen molar-refractivity contribution in [3.8, 4) is 51.7 Å². The molecule has 11 rings (SSSR count). The zero-order valence-electron chi connectivity index (χ0n) is 72.6. The van der Waals surface area contributed by atoms with Gasteiger partial charge >= 0.3 is 34.1 Å². The van der Waals surface area contributed by atoms with E-state index in [0.717, 1.165) is 49.9 Å². The molecule has 0 saturated carbocycles. The summed E-state index contributed by atoms with van der Waals surface area (Å²) >= 11 is 7.12. The first-order chi connectivity index (χ1) is 64.7. The second-order valence-corrected chi connectivity index (χ2v) is 31.8. The molecule has 0 saturated heterocycles. The first kappa shape index (κ1) is 118. The Kier molecular flexibility index (Phi) is 50.5. The van der Waals surface area contributed by atoms with Crippen LogP contribution in [0.25, 0.3) is 37.8 Å². The van der Waals surface area contributed by atoms with E-state index in [2.05, 4.69) is 61.2 Å². The van der Waals surface area contributed by atoms with Gasteiger partial charge in [-0.15, -0.1) is 20.4 Å². The molecule has 11 aromatic rings. The van der Waals surface area contributed by atoms with Crippen LogP contribution >= 0.6 is 90.4 Å². The number of hydrogen-bond donors (Lipinski definition) is 11. The van der Waals surface area contributed by atoms with E-state index in [1.54, 1.807) is 83.3 Å². The summed E-state index contributed by atoms with van der Waals surface area (Å²) in [5, 5.41) is 97.0. The standard InChI is InChI=1S/C20H21FN4O3.2C12H12FIN4O.C8H11BO4.C7H3F4NO5S.C6H3FINO2.C6H5FIN.C6H4FNO3.C6H10N2O/c1-4-9-23-20(26)19-17(22)13-7-8-14(21)16(18(13)24-25-19)12-6-5-11(27-2)10-15(12)28-3;1-2-5-16-12(19)11-9(15)6-3-4-7(13)8(14)10(6)17-18-11;1-2-6-16-12(19)10(7-15)18-17-9-5-3-4-8(13)11(9)14;1-12-6-3-4-7(9(10)11)8(5-6)13-2;8-4-2-1-3-5(12(13)14)6(4)17-18(15,16)7(9,10)11;7-4-2-1-3-5(6(4)8)9(10)11;7-4-2-1-3-5(9)6(4)8;7-4-2-1-3-5(6(4)9)8(10)11;1-3-4-8-6(9)5-7-2/h5-8,10H,4,9H2,1-3H3,(H2,22,24)(H,23,26);3-4H,2,5H2,1H3,(H2,15,17)(H,16,19);3-5,17H,2,6H2,1H3,(H,16,19);3-5,10-11H,1-2H3;1-3H;1-3H;1-3H,9H2;1-3,9H;3-5H2,1H3,(H,8,9)/b;;18-10+;;;;;;. The molecule has 0 atom stereocenters. The lowest BCUT2D eigenvalue weighted by Gasteiger charge is -2.14. The number of hydrazone groups is 1. The summed E-state index contributed by atoms with van der Waals surface area (Å²) in [6.07, 6.45) is 3.28. The van der Waals surface area contributed by atoms with Gasteiger partial charge < -0.3 is 81.6 Å². The van der Waals surface area contributed by atoms with Crippen LogP contribution in [0.2, 0.25) is 0 Å². The molecule has 14 N–H and O–H groups in total. The van der Waals surface area contributed by atoms with Gasteiger partial charge in [-0.25, -0.2) is 37.3 Å². The van der Waals surface area contributed by atoms with E-state index in [4.69, 9.17) is 63.1 Å². The number of rotatable bonds is 25. The maximum atomic E-state index is 14.8. The van der Waals surface area contributed by atoms with Crippen LogP contribution in [0, 0.1) is 103 Å². The smallest absolute Gasteiger partial charge is 0.500 e. The van der Waals surface area contributed by atoms with E-state index >= 15 is 0 Å². The van der Waals surface area contributed by atoms with Gasteiger partial charge in [-0.2, -0.15) is 32.0 Å². The van der Waals surface area contributed by atoms with Gasteiger partial charge in [0.25, 0.3) is 41.6 Å². The van der Waals surface area contributed by atoms with Crippen molar-refractivity contribution in [2.45, 2.75) is 58.9 Å². The van der Waals surface area contributed by atoms with Crippen molar-refractivity contribution in [3.05, 3.63) is 260 Å². The molecule has 2 heterocycles. The van der Waals surface area contributed by atoms with Crippen LogP contribution in [0.5, 0.6) is 34.5 Å². The number of para-hydroxylation sites is 2. The lowest BCUT2D eigenvalue weighted by atomic mass is 9.79. The highest BCUT2D eigenvalue weighted by Gasteiger charge is 2.50. The first-order valence-corrected chi connectivity index (χ1v) is 44.3. The van der Waals surface area contributed by atoms with E-state index in [-0.39, 0.29) is 78.8 Å². The number of nitrogens with zero attached hydrogens (tertiary/aromatic N) is 10. The fourth-order valence-corrected chi connectivity index (χ4v) is 12.3. The minimum atomic E-state index is -6.17. The monoisotopic (exact) mass is 2390 g/mol. The third-order valence-corrected chi connectivity index (χ3v) is 21.7. The molecule has 2 aromatic heterocycles. The highest BCUT2D eigenvalue weighted by molar-refractivity contribution is 14.1. The number of amides is 4. The maximum Gasteiger partial charge on any atom is 0.534 e. The number of nitro groups is 3. The molecule has 0 bridgehead atoms. The zero-order chi connectivity index (χ0) is 103. The average Bonchev–Trinajstić information content (AvgIpc) is 0.756. The molecular formula is C83H81BF10I4N18O20S. The van der Waals surface area contributed by atoms with Crippen molar-refractivity contribution >= 4 is 204 Å². The Bertz CT molecular complexity index is 6250. The number of nitrogen functional groups attached to an aromatic ring is 3. The summed E-state index contributed by atoms with van der Waals surface area (Å²) < 4.78 is 174. The molecule has 0 radical (unpaired) electrons. The third kappa shape index (κ3) is 36.0. The Morgan fingerprint density at radius 3 is 1.45 bits per heavy atom. The number of nitriles is 1. The molecule has 0 aliphatic rings. The van der Waals surface area contributed by atoms with Gasteiger partial charge in [-0.1, -0.05) is 64.1 Å².